The van der Waals surface area contributed by atoms with Gasteiger partial charge in [0, 0.05) is 5.71 Å². The Hall–Kier alpha value is -1.14. The lowest BCUT2D eigenvalue weighted by molar-refractivity contribution is 0.435. The zero-order chi connectivity index (χ0) is 10.6. The Kier molecular flexibility index (Phi) is 3.84. The van der Waals surface area contributed by atoms with Crippen LogP contribution in [0, 0.1) is 23.2 Å². The van der Waals surface area contributed by atoms with Gasteiger partial charge in [-0.15, -0.1) is 0 Å². The number of rotatable bonds is 3. The smallest absolute Gasteiger partial charge is 0.119 e. The van der Waals surface area contributed by atoms with Crippen LogP contribution in [0.3, 0.4) is 0 Å². The highest BCUT2D eigenvalue weighted by Crippen LogP contribution is 2.12. The molecule has 3 heteroatoms. The summed E-state index contributed by atoms with van der Waals surface area (Å²) in [6, 6.07) is 2.24. The minimum Gasteiger partial charge on any atom is -0.294 e. The number of nitrogens with zero attached hydrogens (tertiary/aromatic N) is 2. The second-order valence-electron chi connectivity index (χ2n) is 4.03. The second-order valence-corrected chi connectivity index (χ2v) is 4.03. The molecule has 1 rings (SSSR count). The van der Waals surface area contributed by atoms with E-state index < -0.39 is 0 Å². The van der Waals surface area contributed by atoms with Gasteiger partial charge in [-0.2, -0.15) is 5.26 Å². The lowest BCUT2D eigenvalue weighted by atomic mass is 10.0. The second kappa shape index (κ2) is 4.92. The third-order valence-corrected chi connectivity index (χ3v) is 2.11. The van der Waals surface area contributed by atoms with Gasteiger partial charge in [-0.05, 0) is 25.5 Å². The van der Waals surface area contributed by atoms with Crippen molar-refractivity contribution in [3.8, 4) is 6.07 Å². The van der Waals surface area contributed by atoms with Crippen molar-refractivity contribution in [2.75, 3.05) is 6.54 Å². The molecule has 0 fully saturated rings. The maximum atomic E-state index is 8.90. The van der Waals surface area contributed by atoms with Gasteiger partial charge in [0.05, 0.1) is 6.07 Å². The van der Waals surface area contributed by atoms with E-state index in [4.69, 9.17) is 5.26 Å². The molecule has 0 aliphatic carbocycles. The summed E-state index contributed by atoms with van der Waals surface area (Å²) in [5.41, 5.74) is 0.984. The molecule has 0 aromatic rings. The molecular weight excluding hydrogens is 174 g/mol. The Labute approximate surface area is 85.5 Å². The number of allylic oxidation sites excluding steroid dienone is 1. The minimum absolute atomic E-state index is 0.0626. The lowest BCUT2D eigenvalue weighted by Crippen LogP contribution is -2.37. The third kappa shape index (κ3) is 2.97. The summed E-state index contributed by atoms with van der Waals surface area (Å²) in [5, 5.41) is 12.2. The normalized spacial score (nSPS) is 26.1. The first kappa shape index (κ1) is 10.9. The Bertz CT molecular complexity index is 283. The molecule has 0 saturated heterocycles. The molecule has 1 aliphatic rings. The Morgan fingerprint density at radius 1 is 1.64 bits per heavy atom. The number of hydrogen-bond acceptors (Lipinski definition) is 3. The molecule has 0 radical (unpaired) electrons. The predicted octanol–water partition coefficient (Wildman–Crippen LogP) is 1.73. The maximum Gasteiger partial charge on any atom is 0.119 e. The van der Waals surface area contributed by atoms with E-state index in [1.165, 1.54) is 0 Å². The molecule has 0 aromatic carbocycles. The number of hydrogen-bond donors (Lipinski definition) is 1. The largest absolute Gasteiger partial charge is 0.294 e. The molecule has 0 aromatic heterocycles. The zero-order valence-corrected chi connectivity index (χ0v) is 8.99. The summed E-state index contributed by atoms with van der Waals surface area (Å²) in [6.45, 7) is 7.13. The molecule has 1 N–H and O–H groups in total. The van der Waals surface area contributed by atoms with Crippen LogP contribution < -0.4 is 5.32 Å². The Balaban J connectivity index is 2.57. The van der Waals surface area contributed by atoms with Gasteiger partial charge in [-0.1, -0.05) is 19.9 Å². The van der Waals surface area contributed by atoms with E-state index in [0.717, 1.165) is 12.3 Å². The first-order valence-corrected chi connectivity index (χ1v) is 4.99. The number of nitrogens with one attached hydrogen (secondary N) is 1. The fourth-order valence-electron chi connectivity index (χ4n) is 1.33. The highest BCUT2D eigenvalue weighted by molar-refractivity contribution is 5.93. The SMILES string of the molecule is CC1=NC(NCC(C)C)C(C#N)C=C1. The van der Waals surface area contributed by atoms with Crippen LogP contribution in [0.5, 0.6) is 0 Å². The molecule has 0 saturated carbocycles. The molecule has 1 aliphatic heterocycles. The van der Waals surface area contributed by atoms with Crippen molar-refractivity contribution in [1.82, 2.24) is 5.32 Å². The monoisotopic (exact) mass is 191 g/mol. The molecular formula is C11H17N3. The highest BCUT2D eigenvalue weighted by Gasteiger charge is 2.20. The highest BCUT2D eigenvalue weighted by atomic mass is 15.1. The summed E-state index contributed by atoms with van der Waals surface area (Å²) in [6.07, 6.45) is 3.76. The molecule has 1 heterocycles. The van der Waals surface area contributed by atoms with Crippen molar-refractivity contribution in [2.24, 2.45) is 16.8 Å². The molecule has 14 heavy (non-hydrogen) atoms. The maximum absolute atomic E-state index is 8.90. The van der Waals surface area contributed by atoms with Gasteiger partial charge >= 0.3 is 0 Å². The summed E-state index contributed by atoms with van der Waals surface area (Å²) < 4.78 is 0. The molecule has 2 unspecified atom stereocenters. The van der Waals surface area contributed by atoms with Crippen molar-refractivity contribution in [1.29, 1.82) is 5.26 Å². The van der Waals surface area contributed by atoms with Crippen molar-refractivity contribution in [2.45, 2.75) is 26.9 Å². The van der Waals surface area contributed by atoms with Crippen LogP contribution in [0.1, 0.15) is 20.8 Å². The van der Waals surface area contributed by atoms with Crippen molar-refractivity contribution in [3.63, 3.8) is 0 Å². The van der Waals surface area contributed by atoms with E-state index >= 15 is 0 Å². The Morgan fingerprint density at radius 3 is 2.93 bits per heavy atom. The van der Waals surface area contributed by atoms with Crippen LogP contribution >= 0.6 is 0 Å². The molecule has 76 valence electrons. The van der Waals surface area contributed by atoms with Crippen molar-refractivity contribution < 1.29 is 0 Å². The number of dihydropyridines is 1. The van der Waals surface area contributed by atoms with E-state index in [0.29, 0.717) is 5.92 Å². The van der Waals surface area contributed by atoms with Crippen LogP contribution in [0.15, 0.2) is 17.1 Å². The van der Waals surface area contributed by atoms with E-state index in [2.05, 4.69) is 30.2 Å². The van der Waals surface area contributed by atoms with Gasteiger partial charge in [0.25, 0.3) is 0 Å². The number of nitriles is 1. The number of aliphatic imine (C=N–C) groups is 1. The Morgan fingerprint density at radius 2 is 2.36 bits per heavy atom. The van der Waals surface area contributed by atoms with E-state index in [-0.39, 0.29) is 12.1 Å². The topological polar surface area (TPSA) is 48.2 Å². The van der Waals surface area contributed by atoms with E-state index in [1.807, 2.05) is 19.1 Å². The van der Waals surface area contributed by atoms with Crippen LogP contribution in [-0.2, 0) is 0 Å². The molecule has 3 nitrogen and oxygen atoms in total. The van der Waals surface area contributed by atoms with Crippen LogP contribution in [-0.4, -0.2) is 18.4 Å². The van der Waals surface area contributed by atoms with Crippen molar-refractivity contribution >= 4 is 5.71 Å². The van der Waals surface area contributed by atoms with Gasteiger partial charge in [0.15, 0.2) is 0 Å². The fraction of sp³-hybridized carbons (Fsp3) is 0.636. The van der Waals surface area contributed by atoms with Crippen LogP contribution in [0.25, 0.3) is 0 Å². The third-order valence-electron chi connectivity index (χ3n) is 2.11. The summed E-state index contributed by atoms with van der Waals surface area (Å²) in [7, 11) is 0. The lowest BCUT2D eigenvalue weighted by Gasteiger charge is -2.21. The molecule has 0 amide bonds. The van der Waals surface area contributed by atoms with Gasteiger partial charge in [-0.25, -0.2) is 0 Å². The van der Waals surface area contributed by atoms with E-state index in [1.54, 1.807) is 0 Å². The fourth-order valence-corrected chi connectivity index (χ4v) is 1.33. The molecule has 0 spiro atoms. The van der Waals surface area contributed by atoms with Crippen molar-refractivity contribution in [3.05, 3.63) is 12.2 Å². The van der Waals surface area contributed by atoms with Gasteiger partial charge in [0.2, 0.25) is 0 Å². The van der Waals surface area contributed by atoms with Crippen LogP contribution in [0.2, 0.25) is 0 Å². The standard InChI is InChI=1S/C11H17N3/c1-8(2)7-13-11-10(6-12)5-4-9(3)14-11/h4-5,8,10-11,13H,7H2,1-3H3. The average molecular weight is 191 g/mol. The molecule has 0 bridgehead atoms. The summed E-state index contributed by atoms with van der Waals surface area (Å²) >= 11 is 0. The van der Waals surface area contributed by atoms with Gasteiger partial charge < -0.3 is 0 Å². The first-order chi connectivity index (χ1) is 6.63. The summed E-state index contributed by atoms with van der Waals surface area (Å²) in [5.74, 6) is 0.452. The summed E-state index contributed by atoms with van der Waals surface area (Å²) in [4.78, 5) is 4.40. The van der Waals surface area contributed by atoms with Crippen LogP contribution in [0.4, 0.5) is 0 Å². The average Bonchev–Trinajstić information content (AvgIpc) is 2.15. The first-order valence-electron chi connectivity index (χ1n) is 4.99. The predicted molar refractivity (Wildman–Crippen MR) is 58.0 cm³/mol. The van der Waals surface area contributed by atoms with Gasteiger partial charge in [-0.3, -0.25) is 10.3 Å². The molecule has 2 atom stereocenters. The minimum atomic E-state index is -0.127. The van der Waals surface area contributed by atoms with Gasteiger partial charge in [0.1, 0.15) is 12.1 Å². The van der Waals surface area contributed by atoms with E-state index in [9.17, 15) is 0 Å². The zero-order valence-electron chi connectivity index (χ0n) is 8.99. The quantitative estimate of drug-likeness (QED) is 0.738.